The van der Waals surface area contributed by atoms with Gasteiger partial charge >= 0.3 is 0 Å². The summed E-state index contributed by atoms with van der Waals surface area (Å²) in [7, 11) is 0. The van der Waals surface area contributed by atoms with E-state index in [1.165, 1.54) is 21.2 Å². The molecule has 0 spiro atoms. The summed E-state index contributed by atoms with van der Waals surface area (Å²) in [5, 5.41) is 7.88. The Morgan fingerprint density at radius 3 is 2.81 bits per heavy atom. The van der Waals surface area contributed by atoms with Gasteiger partial charge in [0.1, 0.15) is 0 Å². The van der Waals surface area contributed by atoms with Crippen molar-refractivity contribution >= 4 is 49.0 Å². The first-order chi connectivity index (χ1) is 10.2. The normalized spacial score (nSPS) is 12.7. The highest BCUT2D eigenvalue weighted by Crippen LogP contribution is 2.37. The highest BCUT2D eigenvalue weighted by molar-refractivity contribution is 9.10. The Labute approximate surface area is 142 Å². The van der Waals surface area contributed by atoms with Crippen molar-refractivity contribution in [1.29, 1.82) is 0 Å². The third-order valence-electron chi connectivity index (χ3n) is 3.48. The Morgan fingerprint density at radius 2 is 2.05 bits per heavy atom. The summed E-state index contributed by atoms with van der Waals surface area (Å²) in [6, 6.07) is 14.6. The van der Waals surface area contributed by atoms with Gasteiger partial charge in [-0.2, -0.15) is 0 Å². The van der Waals surface area contributed by atoms with Gasteiger partial charge in [-0.3, -0.25) is 0 Å². The van der Waals surface area contributed by atoms with E-state index in [2.05, 4.69) is 57.8 Å². The van der Waals surface area contributed by atoms with Crippen molar-refractivity contribution in [1.82, 2.24) is 5.32 Å². The minimum absolute atomic E-state index is 0.164. The molecule has 21 heavy (non-hydrogen) atoms. The molecule has 3 rings (SSSR count). The van der Waals surface area contributed by atoms with Gasteiger partial charge < -0.3 is 5.32 Å². The number of nitrogens with one attached hydrogen (secondary N) is 1. The summed E-state index contributed by atoms with van der Waals surface area (Å²) < 4.78 is 2.44. The molecule has 0 amide bonds. The van der Waals surface area contributed by atoms with Crippen molar-refractivity contribution in [3.05, 3.63) is 68.5 Å². The predicted molar refractivity (Wildman–Crippen MR) is 96.5 cm³/mol. The van der Waals surface area contributed by atoms with E-state index in [-0.39, 0.29) is 6.04 Å². The average molecular weight is 381 g/mol. The molecule has 1 N–H and O–H groups in total. The molecule has 0 radical (unpaired) electrons. The van der Waals surface area contributed by atoms with E-state index >= 15 is 0 Å². The number of rotatable bonds is 4. The van der Waals surface area contributed by atoms with E-state index in [4.69, 9.17) is 11.6 Å². The molecule has 0 aliphatic carbocycles. The molecule has 3 aromatic rings. The predicted octanol–water partition coefficient (Wildman–Crippen LogP) is 6.02. The fourth-order valence-electron chi connectivity index (χ4n) is 2.56. The number of benzene rings is 2. The molecule has 0 saturated heterocycles. The molecule has 0 bridgehead atoms. The van der Waals surface area contributed by atoms with Crippen molar-refractivity contribution in [2.24, 2.45) is 0 Å². The maximum absolute atomic E-state index is 6.16. The minimum Gasteiger partial charge on any atom is -0.306 e. The van der Waals surface area contributed by atoms with Gasteiger partial charge in [0, 0.05) is 14.2 Å². The van der Waals surface area contributed by atoms with Gasteiger partial charge in [0.05, 0.1) is 6.04 Å². The Hall–Kier alpha value is -0.870. The molecule has 0 fully saturated rings. The highest BCUT2D eigenvalue weighted by atomic mass is 79.9. The smallest absolute Gasteiger partial charge is 0.0591 e. The molecule has 108 valence electrons. The summed E-state index contributed by atoms with van der Waals surface area (Å²) in [5.41, 5.74) is 2.50. The average Bonchev–Trinajstić information content (AvgIpc) is 2.90. The zero-order valence-corrected chi connectivity index (χ0v) is 14.7. The number of fused-ring (bicyclic) bond motifs is 1. The molecule has 1 aromatic heterocycles. The zero-order chi connectivity index (χ0) is 14.8. The minimum atomic E-state index is 0.164. The quantitative estimate of drug-likeness (QED) is 0.584. The van der Waals surface area contributed by atoms with E-state index in [1.54, 1.807) is 11.3 Å². The van der Waals surface area contributed by atoms with Crippen LogP contribution in [0.1, 0.15) is 24.1 Å². The second-order valence-electron chi connectivity index (χ2n) is 4.85. The molecule has 0 saturated carbocycles. The Kier molecular flexibility index (Phi) is 4.65. The van der Waals surface area contributed by atoms with E-state index in [1.807, 2.05) is 18.2 Å². The van der Waals surface area contributed by atoms with Crippen molar-refractivity contribution in [2.75, 3.05) is 6.54 Å². The fraction of sp³-hybridized carbons (Fsp3) is 0.176. The van der Waals surface area contributed by atoms with Crippen LogP contribution in [0.2, 0.25) is 5.02 Å². The SMILES string of the molecule is CCNC(c1cccc(Cl)c1)c1csc2c(Br)cccc12. The summed E-state index contributed by atoms with van der Waals surface area (Å²) >= 11 is 11.6. The van der Waals surface area contributed by atoms with Crippen LogP contribution in [0.25, 0.3) is 10.1 Å². The largest absolute Gasteiger partial charge is 0.306 e. The van der Waals surface area contributed by atoms with Gasteiger partial charge in [0.2, 0.25) is 0 Å². The van der Waals surface area contributed by atoms with Crippen LogP contribution in [0.3, 0.4) is 0 Å². The fourth-order valence-corrected chi connectivity index (χ4v) is 4.41. The first-order valence-electron chi connectivity index (χ1n) is 6.85. The molecule has 1 nitrogen and oxygen atoms in total. The maximum Gasteiger partial charge on any atom is 0.0591 e. The summed E-state index contributed by atoms with van der Waals surface area (Å²) in [6.07, 6.45) is 0. The van der Waals surface area contributed by atoms with Gasteiger partial charge in [-0.05, 0) is 62.6 Å². The van der Waals surface area contributed by atoms with E-state index in [0.29, 0.717) is 0 Å². The zero-order valence-electron chi connectivity index (χ0n) is 11.6. The van der Waals surface area contributed by atoms with Gasteiger partial charge in [0.15, 0.2) is 0 Å². The number of halogens is 2. The van der Waals surface area contributed by atoms with Crippen LogP contribution >= 0.6 is 38.9 Å². The van der Waals surface area contributed by atoms with Crippen LogP contribution in [-0.4, -0.2) is 6.54 Å². The first-order valence-corrected chi connectivity index (χ1v) is 8.90. The number of thiophene rings is 1. The summed E-state index contributed by atoms with van der Waals surface area (Å²) in [4.78, 5) is 0. The molecule has 0 aliphatic rings. The second-order valence-corrected chi connectivity index (χ2v) is 7.02. The van der Waals surface area contributed by atoms with Gasteiger partial charge in [-0.25, -0.2) is 0 Å². The van der Waals surface area contributed by atoms with Crippen LogP contribution in [-0.2, 0) is 0 Å². The third kappa shape index (κ3) is 3.02. The van der Waals surface area contributed by atoms with Crippen LogP contribution < -0.4 is 5.32 Å². The van der Waals surface area contributed by atoms with Crippen LogP contribution in [0.15, 0.2) is 52.3 Å². The molecule has 1 heterocycles. The second kappa shape index (κ2) is 6.49. The lowest BCUT2D eigenvalue weighted by atomic mass is 9.98. The number of hydrogen-bond donors (Lipinski definition) is 1. The van der Waals surface area contributed by atoms with E-state index in [0.717, 1.165) is 16.0 Å². The van der Waals surface area contributed by atoms with Crippen LogP contribution in [0.4, 0.5) is 0 Å². The van der Waals surface area contributed by atoms with Crippen LogP contribution in [0, 0.1) is 0 Å². The summed E-state index contributed by atoms with van der Waals surface area (Å²) in [5.74, 6) is 0. The van der Waals surface area contributed by atoms with Crippen molar-refractivity contribution in [2.45, 2.75) is 13.0 Å². The lowest BCUT2D eigenvalue weighted by Crippen LogP contribution is -2.21. The first kappa shape index (κ1) is 15.0. The molecule has 0 aliphatic heterocycles. The summed E-state index contributed by atoms with van der Waals surface area (Å²) in [6.45, 7) is 3.03. The molecule has 1 atom stereocenters. The molecule has 4 heteroatoms. The van der Waals surface area contributed by atoms with Crippen molar-refractivity contribution in [3.8, 4) is 0 Å². The lowest BCUT2D eigenvalue weighted by molar-refractivity contribution is 0.636. The molecular formula is C17H15BrClNS. The van der Waals surface area contributed by atoms with Crippen molar-refractivity contribution in [3.63, 3.8) is 0 Å². The highest BCUT2D eigenvalue weighted by Gasteiger charge is 2.18. The lowest BCUT2D eigenvalue weighted by Gasteiger charge is -2.18. The number of hydrogen-bond acceptors (Lipinski definition) is 2. The Balaban J connectivity index is 2.14. The molecule has 2 aromatic carbocycles. The maximum atomic E-state index is 6.16. The molecule has 1 unspecified atom stereocenters. The van der Waals surface area contributed by atoms with Gasteiger partial charge in [-0.15, -0.1) is 11.3 Å². The Bertz CT molecular complexity index is 768. The topological polar surface area (TPSA) is 12.0 Å². The van der Waals surface area contributed by atoms with Crippen molar-refractivity contribution < 1.29 is 0 Å². The monoisotopic (exact) mass is 379 g/mol. The van der Waals surface area contributed by atoms with Gasteiger partial charge in [0.25, 0.3) is 0 Å². The standard InChI is InChI=1S/C17H15BrClNS/c1-2-20-16(11-5-3-6-12(19)9-11)14-10-21-17-13(14)7-4-8-15(17)18/h3-10,16,20H,2H2,1H3. The van der Waals surface area contributed by atoms with Gasteiger partial charge in [-0.1, -0.05) is 42.8 Å². The van der Waals surface area contributed by atoms with Crippen LogP contribution in [0.5, 0.6) is 0 Å². The molecular weight excluding hydrogens is 366 g/mol. The third-order valence-corrected chi connectivity index (χ3v) is 5.69. The van der Waals surface area contributed by atoms with E-state index in [9.17, 15) is 0 Å². The van der Waals surface area contributed by atoms with E-state index < -0.39 is 0 Å². The Morgan fingerprint density at radius 1 is 1.24 bits per heavy atom.